The number of hydrogen-bond donors (Lipinski definition) is 3. The number of carbonyl (C=O) groups excluding carboxylic acids is 1. The van der Waals surface area contributed by atoms with Crippen molar-refractivity contribution < 1.29 is 14.8 Å². The van der Waals surface area contributed by atoms with Crippen LogP contribution in [0.5, 0.6) is 0 Å². The highest BCUT2D eigenvalue weighted by molar-refractivity contribution is 6.33. The zero-order valence-electron chi connectivity index (χ0n) is 12.0. The predicted octanol–water partition coefficient (Wildman–Crippen LogP) is 3.06. The normalized spacial score (nSPS) is 16.8. The van der Waals surface area contributed by atoms with Crippen LogP contribution in [-0.4, -0.2) is 28.2 Å². The molecule has 22 heavy (non-hydrogen) atoms. The summed E-state index contributed by atoms with van der Waals surface area (Å²) < 4.78 is 0. The minimum Gasteiger partial charge on any atom is -0.388 e. The SMILES string of the molecule is O=C(NCC1(O)CCCCC1)Nc1ccc([N+](=O)[O-])cc1Cl. The summed E-state index contributed by atoms with van der Waals surface area (Å²) in [6.07, 6.45) is 4.35. The summed E-state index contributed by atoms with van der Waals surface area (Å²) in [6.45, 7) is 0.170. The van der Waals surface area contributed by atoms with Gasteiger partial charge in [-0.15, -0.1) is 0 Å². The van der Waals surface area contributed by atoms with Crippen LogP contribution in [0.15, 0.2) is 18.2 Å². The topological polar surface area (TPSA) is 104 Å². The van der Waals surface area contributed by atoms with Gasteiger partial charge in [0.1, 0.15) is 0 Å². The maximum Gasteiger partial charge on any atom is 0.319 e. The quantitative estimate of drug-likeness (QED) is 0.583. The van der Waals surface area contributed by atoms with Gasteiger partial charge in [-0.1, -0.05) is 30.9 Å². The third-order valence-corrected chi connectivity index (χ3v) is 4.09. The van der Waals surface area contributed by atoms with Crippen molar-refractivity contribution in [1.82, 2.24) is 5.32 Å². The molecule has 0 unspecified atom stereocenters. The summed E-state index contributed by atoms with van der Waals surface area (Å²) >= 11 is 5.90. The number of rotatable bonds is 4. The molecule has 0 bridgehead atoms. The van der Waals surface area contributed by atoms with Crippen molar-refractivity contribution in [2.45, 2.75) is 37.7 Å². The van der Waals surface area contributed by atoms with Crippen molar-refractivity contribution in [1.29, 1.82) is 0 Å². The Hall–Kier alpha value is -1.86. The Labute approximate surface area is 132 Å². The molecule has 8 heteroatoms. The van der Waals surface area contributed by atoms with Gasteiger partial charge in [-0.05, 0) is 18.9 Å². The van der Waals surface area contributed by atoms with E-state index in [1.165, 1.54) is 18.2 Å². The Morgan fingerprint density at radius 2 is 2.05 bits per heavy atom. The fourth-order valence-corrected chi connectivity index (χ4v) is 2.74. The summed E-state index contributed by atoms with van der Waals surface area (Å²) in [6, 6.07) is 3.30. The fourth-order valence-electron chi connectivity index (χ4n) is 2.52. The van der Waals surface area contributed by atoms with Crippen molar-refractivity contribution in [2.24, 2.45) is 0 Å². The number of nitrogens with one attached hydrogen (secondary N) is 2. The van der Waals surface area contributed by atoms with E-state index in [2.05, 4.69) is 10.6 Å². The van der Waals surface area contributed by atoms with E-state index in [4.69, 9.17) is 11.6 Å². The van der Waals surface area contributed by atoms with E-state index in [0.717, 1.165) is 19.3 Å². The van der Waals surface area contributed by atoms with E-state index in [1.807, 2.05) is 0 Å². The minimum atomic E-state index is -0.852. The van der Waals surface area contributed by atoms with Gasteiger partial charge in [-0.3, -0.25) is 10.1 Å². The molecule has 1 aliphatic carbocycles. The Balaban J connectivity index is 1.90. The van der Waals surface area contributed by atoms with Gasteiger partial charge in [0.05, 0.1) is 21.2 Å². The zero-order valence-corrected chi connectivity index (χ0v) is 12.7. The molecule has 1 saturated carbocycles. The molecule has 0 spiro atoms. The summed E-state index contributed by atoms with van der Waals surface area (Å²) in [7, 11) is 0. The third kappa shape index (κ3) is 4.32. The maximum atomic E-state index is 11.8. The molecule has 0 radical (unpaired) electrons. The van der Waals surface area contributed by atoms with Crippen LogP contribution in [0.4, 0.5) is 16.2 Å². The molecular formula is C14H18ClN3O4. The first kappa shape index (κ1) is 16.5. The highest BCUT2D eigenvalue weighted by atomic mass is 35.5. The Morgan fingerprint density at radius 1 is 1.36 bits per heavy atom. The maximum absolute atomic E-state index is 11.8. The monoisotopic (exact) mass is 327 g/mol. The number of anilines is 1. The first-order valence-electron chi connectivity index (χ1n) is 7.11. The predicted molar refractivity (Wildman–Crippen MR) is 83.2 cm³/mol. The molecule has 2 rings (SSSR count). The van der Waals surface area contributed by atoms with E-state index in [9.17, 15) is 20.0 Å². The first-order chi connectivity index (χ1) is 10.4. The number of nitrogens with zero attached hydrogens (tertiary/aromatic N) is 1. The van der Waals surface area contributed by atoms with E-state index in [1.54, 1.807) is 0 Å². The molecular weight excluding hydrogens is 310 g/mol. The van der Waals surface area contributed by atoms with Gasteiger partial charge in [0.15, 0.2) is 0 Å². The smallest absolute Gasteiger partial charge is 0.319 e. The molecule has 2 amide bonds. The number of aliphatic hydroxyl groups is 1. The van der Waals surface area contributed by atoms with Crippen molar-refractivity contribution in [3.05, 3.63) is 33.3 Å². The van der Waals surface area contributed by atoms with Gasteiger partial charge in [0.2, 0.25) is 0 Å². The van der Waals surface area contributed by atoms with Gasteiger partial charge < -0.3 is 15.7 Å². The number of non-ortho nitro benzene ring substituents is 1. The largest absolute Gasteiger partial charge is 0.388 e. The lowest BCUT2D eigenvalue weighted by Gasteiger charge is -2.32. The van der Waals surface area contributed by atoms with Crippen LogP contribution in [0.1, 0.15) is 32.1 Å². The van der Waals surface area contributed by atoms with Crippen molar-refractivity contribution >= 4 is 29.0 Å². The van der Waals surface area contributed by atoms with Crippen LogP contribution in [0, 0.1) is 10.1 Å². The highest BCUT2D eigenvalue weighted by Crippen LogP contribution is 2.28. The van der Waals surface area contributed by atoms with Crippen LogP contribution < -0.4 is 10.6 Å². The van der Waals surface area contributed by atoms with Crippen molar-refractivity contribution in [2.75, 3.05) is 11.9 Å². The second-order valence-electron chi connectivity index (χ2n) is 5.51. The van der Waals surface area contributed by atoms with Gasteiger partial charge in [-0.25, -0.2) is 4.79 Å². The Bertz CT molecular complexity index is 573. The molecule has 1 aromatic rings. The standard InChI is InChI=1S/C14H18ClN3O4/c15-11-8-10(18(21)22)4-5-12(11)17-13(19)16-9-14(20)6-2-1-3-7-14/h4-5,8,20H,1-3,6-7,9H2,(H2,16,17,19). The average Bonchev–Trinajstić information content (AvgIpc) is 2.48. The highest BCUT2D eigenvalue weighted by Gasteiger charge is 2.29. The van der Waals surface area contributed by atoms with Crippen LogP contribution in [0.3, 0.4) is 0 Å². The second kappa shape index (κ2) is 6.93. The van der Waals surface area contributed by atoms with Crippen LogP contribution >= 0.6 is 11.6 Å². The lowest BCUT2D eigenvalue weighted by molar-refractivity contribution is -0.384. The van der Waals surface area contributed by atoms with E-state index >= 15 is 0 Å². The minimum absolute atomic E-state index is 0.0840. The number of nitro benzene ring substituents is 1. The van der Waals surface area contributed by atoms with E-state index in [0.29, 0.717) is 12.8 Å². The molecule has 1 fully saturated rings. The van der Waals surface area contributed by atoms with Gasteiger partial charge >= 0.3 is 6.03 Å². The van der Waals surface area contributed by atoms with Crippen molar-refractivity contribution in [3.63, 3.8) is 0 Å². The molecule has 120 valence electrons. The lowest BCUT2D eigenvalue weighted by Crippen LogP contribution is -2.45. The van der Waals surface area contributed by atoms with Crippen LogP contribution in [-0.2, 0) is 0 Å². The molecule has 1 aliphatic rings. The summed E-state index contributed by atoms with van der Waals surface area (Å²) in [4.78, 5) is 21.9. The first-order valence-corrected chi connectivity index (χ1v) is 7.49. The molecule has 0 heterocycles. The number of amides is 2. The Morgan fingerprint density at radius 3 is 2.64 bits per heavy atom. The molecule has 0 aromatic heterocycles. The number of hydrogen-bond acceptors (Lipinski definition) is 4. The number of benzene rings is 1. The number of nitro groups is 1. The molecule has 0 atom stereocenters. The average molecular weight is 328 g/mol. The van der Waals surface area contributed by atoms with Crippen LogP contribution in [0.2, 0.25) is 5.02 Å². The second-order valence-corrected chi connectivity index (χ2v) is 5.92. The molecule has 3 N–H and O–H groups in total. The number of carbonyl (C=O) groups is 1. The summed E-state index contributed by atoms with van der Waals surface area (Å²) in [5, 5.41) is 26.1. The van der Waals surface area contributed by atoms with Gasteiger partial charge in [-0.2, -0.15) is 0 Å². The molecule has 1 aromatic carbocycles. The zero-order chi connectivity index (χ0) is 16.2. The number of halogens is 1. The number of urea groups is 1. The Kier molecular flexibility index (Phi) is 5.20. The van der Waals surface area contributed by atoms with E-state index in [-0.39, 0.29) is 22.9 Å². The fraction of sp³-hybridized carbons (Fsp3) is 0.500. The van der Waals surface area contributed by atoms with Gasteiger partial charge in [0, 0.05) is 18.7 Å². The molecule has 0 aliphatic heterocycles. The van der Waals surface area contributed by atoms with E-state index < -0.39 is 16.6 Å². The lowest BCUT2D eigenvalue weighted by atomic mass is 9.85. The summed E-state index contributed by atoms with van der Waals surface area (Å²) in [5.74, 6) is 0. The van der Waals surface area contributed by atoms with Crippen molar-refractivity contribution in [3.8, 4) is 0 Å². The molecule has 7 nitrogen and oxygen atoms in total. The molecule has 0 saturated heterocycles. The third-order valence-electron chi connectivity index (χ3n) is 3.77. The van der Waals surface area contributed by atoms with Gasteiger partial charge in [0.25, 0.3) is 5.69 Å². The summed E-state index contributed by atoms with van der Waals surface area (Å²) in [5.41, 5.74) is -0.720. The van der Waals surface area contributed by atoms with Crippen LogP contribution in [0.25, 0.3) is 0 Å².